The number of hydrogen-bond acceptors (Lipinski definition) is 7. The topological polar surface area (TPSA) is 90.9 Å². The van der Waals surface area contributed by atoms with Gasteiger partial charge in [0.05, 0.1) is 40.7 Å². The molecule has 0 unspecified atom stereocenters. The number of ether oxygens (including phenoxy) is 4. The minimum Gasteiger partial charge on any atom is -0.493 e. The second-order valence-corrected chi connectivity index (χ2v) is 7.06. The maximum atomic E-state index is 12.4. The van der Waals surface area contributed by atoms with Crippen molar-refractivity contribution in [2.45, 2.75) is 13.3 Å². The van der Waals surface area contributed by atoms with E-state index in [0.717, 1.165) is 22.0 Å². The fourth-order valence-corrected chi connectivity index (χ4v) is 3.50. The largest absolute Gasteiger partial charge is 0.493 e. The van der Waals surface area contributed by atoms with Crippen molar-refractivity contribution >= 4 is 22.4 Å². The molecule has 3 aromatic rings. The quantitative estimate of drug-likeness (QED) is 0.500. The van der Waals surface area contributed by atoms with E-state index >= 15 is 0 Å². The third kappa shape index (κ3) is 5.03. The number of rotatable bonds is 10. The molecule has 0 saturated heterocycles. The van der Waals surface area contributed by atoms with Crippen LogP contribution < -0.4 is 29.6 Å². The summed E-state index contributed by atoms with van der Waals surface area (Å²) in [7, 11) is 6.36. The Morgan fingerprint density at radius 1 is 0.906 bits per heavy atom. The van der Waals surface area contributed by atoms with E-state index in [1.54, 1.807) is 40.7 Å². The van der Waals surface area contributed by atoms with Crippen molar-refractivity contribution in [3.63, 3.8) is 0 Å². The molecule has 0 radical (unpaired) electrons. The number of nitrogens with zero attached hydrogens (tertiary/aromatic N) is 1. The van der Waals surface area contributed by atoms with Crippen molar-refractivity contribution < 1.29 is 23.7 Å². The Bertz CT molecular complexity index is 1100. The first-order chi connectivity index (χ1) is 15.5. The van der Waals surface area contributed by atoms with E-state index < -0.39 is 0 Å². The smallest absolute Gasteiger partial charge is 0.238 e. The summed E-state index contributed by atoms with van der Waals surface area (Å²) in [4.78, 5) is 17.0. The first kappa shape index (κ1) is 23.1. The molecule has 2 aromatic carbocycles. The lowest BCUT2D eigenvalue weighted by Crippen LogP contribution is -2.28. The van der Waals surface area contributed by atoms with Crippen molar-refractivity contribution in [1.29, 1.82) is 0 Å². The highest BCUT2D eigenvalue weighted by Crippen LogP contribution is 2.37. The number of carbonyl (C=O) groups excluding carboxylic acids is 1. The number of methoxy groups -OCH3 is 4. The molecule has 1 aromatic heterocycles. The van der Waals surface area contributed by atoms with Crippen LogP contribution in [-0.2, 0) is 11.2 Å². The molecule has 0 saturated carbocycles. The van der Waals surface area contributed by atoms with Crippen molar-refractivity contribution in [2.24, 2.45) is 0 Å². The lowest BCUT2D eigenvalue weighted by atomic mass is 10.0. The van der Waals surface area contributed by atoms with Gasteiger partial charge < -0.3 is 29.6 Å². The second kappa shape index (κ2) is 10.7. The normalized spacial score (nSPS) is 10.7. The monoisotopic (exact) mass is 439 g/mol. The number of pyridine rings is 1. The molecular formula is C24H29N3O5. The van der Waals surface area contributed by atoms with E-state index in [1.165, 1.54) is 0 Å². The van der Waals surface area contributed by atoms with E-state index in [-0.39, 0.29) is 12.5 Å². The van der Waals surface area contributed by atoms with E-state index in [0.29, 0.717) is 41.7 Å². The van der Waals surface area contributed by atoms with Gasteiger partial charge in [-0.15, -0.1) is 0 Å². The number of aromatic nitrogens is 1. The van der Waals surface area contributed by atoms with Gasteiger partial charge in [0.15, 0.2) is 23.0 Å². The van der Waals surface area contributed by atoms with Gasteiger partial charge in [-0.1, -0.05) is 6.92 Å². The van der Waals surface area contributed by atoms with Crippen LogP contribution in [0.25, 0.3) is 10.8 Å². The van der Waals surface area contributed by atoms with Crippen molar-refractivity contribution in [1.82, 2.24) is 10.3 Å². The van der Waals surface area contributed by atoms with Crippen LogP contribution in [0.4, 0.5) is 5.69 Å². The molecule has 8 nitrogen and oxygen atoms in total. The predicted molar refractivity (Wildman–Crippen MR) is 124 cm³/mol. The van der Waals surface area contributed by atoms with Gasteiger partial charge >= 0.3 is 0 Å². The van der Waals surface area contributed by atoms with Crippen LogP contribution in [0.15, 0.2) is 36.5 Å². The predicted octanol–water partition coefficient (Wildman–Crippen LogP) is 3.41. The molecule has 0 spiro atoms. The highest BCUT2D eigenvalue weighted by atomic mass is 16.5. The summed E-state index contributed by atoms with van der Waals surface area (Å²) in [5.41, 5.74) is 2.32. The molecule has 0 atom stereocenters. The third-order valence-corrected chi connectivity index (χ3v) is 5.13. The van der Waals surface area contributed by atoms with E-state index in [4.69, 9.17) is 18.9 Å². The van der Waals surface area contributed by atoms with Crippen LogP contribution in [-0.4, -0.2) is 52.4 Å². The lowest BCUT2D eigenvalue weighted by Gasteiger charge is -2.17. The SMILES string of the molecule is CCNCC(=O)Nc1cc(OC)c(OC)cc1Cc1nccc2cc(OC)c(OC)cc12. The van der Waals surface area contributed by atoms with Crippen LogP contribution in [0.3, 0.4) is 0 Å². The molecular weight excluding hydrogens is 410 g/mol. The highest BCUT2D eigenvalue weighted by molar-refractivity contribution is 5.94. The van der Waals surface area contributed by atoms with Gasteiger partial charge in [0.25, 0.3) is 0 Å². The number of anilines is 1. The van der Waals surface area contributed by atoms with Gasteiger partial charge in [-0.2, -0.15) is 0 Å². The lowest BCUT2D eigenvalue weighted by molar-refractivity contribution is -0.115. The Morgan fingerprint density at radius 3 is 2.19 bits per heavy atom. The van der Waals surface area contributed by atoms with Crippen LogP contribution in [0.2, 0.25) is 0 Å². The molecule has 1 heterocycles. The summed E-state index contributed by atoms with van der Waals surface area (Å²) >= 11 is 0. The zero-order chi connectivity index (χ0) is 23.1. The molecule has 32 heavy (non-hydrogen) atoms. The molecule has 0 bridgehead atoms. The van der Waals surface area contributed by atoms with Crippen molar-refractivity contribution in [3.05, 3.63) is 47.8 Å². The number of fused-ring (bicyclic) bond motifs is 1. The second-order valence-electron chi connectivity index (χ2n) is 7.06. The molecule has 0 fully saturated rings. The summed E-state index contributed by atoms with van der Waals surface area (Å²) in [6.45, 7) is 2.87. The standard InChI is InChI=1S/C24H29N3O5/c1-6-25-14-24(28)27-18-13-23(32-5)21(30-3)11-16(18)9-19-17-12-22(31-4)20(29-2)10-15(17)7-8-26-19/h7-8,10-13,25H,6,9,14H2,1-5H3,(H,27,28). The molecule has 2 N–H and O–H groups in total. The van der Waals surface area contributed by atoms with Gasteiger partial charge in [-0.3, -0.25) is 9.78 Å². The first-order valence-corrected chi connectivity index (χ1v) is 10.3. The summed E-state index contributed by atoms with van der Waals surface area (Å²) < 4.78 is 21.8. The molecule has 0 aliphatic carbocycles. The van der Waals surface area contributed by atoms with Gasteiger partial charge in [-0.25, -0.2) is 0 Å². The average molecular weight is 440 g/mol. The maximum Gasteiger partial charge on any atom is 0.238 e. The van der Waals surface area contributed by atoms with Gasteiger partial charge in [0.2, 0.25) is 5.91 Å². The number of likely N-dealkylation sites (N-methyl/N-ethyl adjacent to an activating group) is 1. The van der Waals surface area contributed by atoms with E-state index in [9.17, 15) is 4.79 Å². The zero-order valence-electron chi connectivity index (χ0n) is 19.1. The third-order valence-electron chi connectivity index (χ3n) is 5.13. The highest BCUT2D eigenvalue weighted by Gasteiger charge is 2.16. The van der Waals surface area contributed by atoms with Crippen molar-refractivity contribution in [2.75, 3.05) is 46.8 Å². The Balaban J connectivity index is 2.06. The fraction of sp³-hybridized carbons (Fsp3) is 0.333. The Hall–Kier alpha value is -3.52. The van der Waals surface area contributed by atoms with Gasteiger partial charge in [0.1, 0.15) is 0 Å². The summed E-state index contributed by atoms with van der Waals surface area (Å²) in [5, 5.41) is 7.91. The Labute approximate surface area is 187 Å². The number of nitrogens with one attached hydrogen (secondary N) is 2. The molecule has 0 aliphatic heterocycles. The number of hydrogen-bond donors (Lipinski definition) is 2. The number of amides is 1. The van der Waals surface area contributed by atoms with Crippen LogP contribution in [0.5, 0.6) is 23.0 Å². The minimum atomic E-state index is -0.141. The fourth-order valence-electron chi connectivity index (χ4n) is 3.50. The molecule has 0 aliphatic rings. The average Bonchev–Trinajstić information content (AvgIpc) is 2.82. The first-order valence-electron chi connectivity index (χ1n) is 10.3. The molecule has 170 valence electrons. The van der Waals surface area contributed by atoms with Crippen molar-refractivity contribution in [3.8, 4) is 23.0 Å². The summed E-state index contributed by atoms with van der Waals surface area (Å²) in [6.07, 6.45) is 2.22. The Kier molecular flexibility index (Phi) is 7.72. The Morgan fingerprint density at radius 2 is 1.53 bits per heavy atom. The minimum absolute atomic E-state index is 0.141. The number of carbonyl (C=O) groups is 1. The van der Waals surface area contributed by atoms with Gasteiger partial charge in [-0.05, 0) is 41.8 Å². The zero-order valence-corrected chi connectivity index (χ0v) is 19.1. The van der Waals surface area contributed by atoms with E-state index in [2.05, 4.69) is 15.6 Å². The molecule has 3 rings (SSSR count). The van der Waals surface area contributed by atoms with Crippen LogP contribution in [0.1, 0.15) is 18.2 Å². The molecule has 1 amide bonds. The molecule has 8 heteroatoms. The summed E-state index contributed by atoms with van der Waals surface area (Å²) in [5.74, 6) is 2.25. The summed E-state index contributed by atoms with van der Waals surface area (Å²) in [6, 6.07) is 9.40. The maximum absolute atomic E-state index is 12.4. The van der Waals surface area contributed by atoms with Crippen LogP contribution in [0, 0.1) is 0 Å². The number of benzene rings is 2. The van der Waals surface area contributed by atoms with Gasteiger partial charge in [0, 0.05) is 29.8 Å². The van der Waals surface area contributed by atoms with Crippen LogP contribution >= 0.6 is 0 Å². The van der Waals surface area contributed by atoms with E-state index in [1.807, 2.05) is 31.2 Å².